The van der Waals surface area contributed by atoms with E-state index in [9.17, 15) is 19.6 Å². The molecule has 0 bridgehead atoms. The molecule has 1 N–H and O–H groups in total. The fraction of sp³-hybridized carbons (Fsp3) is 0.458. The van der Waals surface area contributed by atoms with Gasteiger partial charge in [-0.1, -0.05) is 13.0 Å². The number of amides is 2. The molecule has 2 rings (SSSR count). The van der Waals surface area contributed by atoms with E-state index in [2.05, 4.69) is 10.3 Å². The maximum Gasteiger partial charge on any atom is 0.336 e. The van der Waals surface area contributed by atoms with Crippen LogP contribution in [0.4, 0.5) is 0 Å². The summed E-state index contributed by atoms with van der Waals surface area (Å²) in [5, 5.41) is 12.2. The monoisotopic (exact) mass is 485 g/mol. The predicted octanol–water partition coefficient (Wildman–Crippen LogP) is 1.44. The van der Waals surface area contributed by atoms with E-state index >= 15 is 0 Å². The standard InChI is InChI=1S/C24H31N5O6/c1-5-9-27-23(31)22(17-6-7-18(14-25)19(13-17)33-2)29(15-20(34-3)24(32)35-4)21(30)8-11-28-12-10-26-16-28/h6-7,10,12-13,16,20,22H,5,8-9,11,15H2,1-4H3,(H,27,31)/t20-,22?/m0/s1. The summed E-state index contributed by atoms with van der Waals surface area (Å²) in [6.07, 6.45) is 4.52. The number of rotatable bonds is 13. The zero-order valence-electron chi connectivity index (χ0n) is 20.4. The van der Waals surface area contributed by atoms with Crippen LogP contribution in [0.1, 0.15) is 36.9 Å². The van der Waals surface area contributed by atoms with Gasteiger partial charge >= 0.3 is 5.97 Å². The average molecular weight is 486 g/mol. The van der Waals surface area contributed by atoms with E-state index < -0.39 is 24.0 Å². The van der Waals surface area contributed by atoms with Crippen molar-refractivity contribution in [3.8, 4) is 11.8 Å². The zero-order chi connectivity index (χ0) is 25.8. The molecule has 0 spiro atoms. The number of nitrogens with one attached hydrogen (secondary N) is 1. The number of hydrogen-bond acceptors (Lipinski definition) is 8. The molecule has 0 fully saturated rings. The molecule has 11 nitrogen and oxygen atoms in total. The number of imidazole rings is 1. The van der Waals surface area contributed by atoms with Crippen LogP contribution in [0, 0.1) is 11.3 Å². The van der Waals surface area contributed by atoms with E-state index in [0.717, 1.165) is 0 Å². The Bertz CT molecular complexity index is 1030. The Morgan fingerprint density at radius 1 is 1.26 bits per heavy atom. The molecule has 0 saturated carbocycles. The van der Waals surface area contributed by atoms with Crippen LogP contribution in [0.15, 0.2) is 36.9 Å². The molecule has 0 aliphatic rings. The van der Waals surface area contributed by atoms with Gasteiger partial charge in [-0.25, -0.2) is 9.78 Å². The Morgan fingerprint density at radius 3 is 2.60 bits per heavy atom. The lowest BCUT2D eigenvalue weighted by Crippen LogP contribution is -2.49. The maximum atomic E-state index is 13.5. The number of nitriles is 1. The van der Waals surface area contributed by atoms with Gasteiger partial charge in [0.2, 0.25) is 11.8 Å². The molecule has 2 aromatic rings. The van der Waals surface area contributed by atoms with Gasteiger partial charge in [0.25, 0.3) is 0 Å². The van der Waals surface area contributed by atoms with Crippen molar-refractivity contribution >= 4 is 17.8 Å². The topological polar surface area (TPSA) is 136 Å². The molecule has 0 aliphatic heterocycles. The third-order valence-corrected chi connectivity index (χ3v) is 5.35. The van der Waals surface area contributed by atoms with Gasteiger partial charge in [-0.3, -0.25) is 9.59 Å². The van der Waals surface area contributed by atoms with E-state index in [0.29, 0.717) is 25.1 Å². The van der Waals surface area contributed by atoms with Crippen LogP contribution in [-0.4, -0.2) is 72.8 Å². The van der Waals surface area contributed by atoms with Gasteiger partial charge in [-0.2, -0.15) is 5.26 Å². The normalized spacial score (nSPS) is 12.2. The molecule has 0 aliphatic carbocycles. The minimum atomic E-state index is -1.11. The Kier molecular flexibility index (Phi) is 10.7. The highest BCUT2D eigenvalue weighted by Gasteiger charge is 2.35. The second kappa shape index (κ2) is 13.7. The van der Waals surface area contributed by atoms with Crippen molar-refractivity contribution < 1.29 is 28.6 Å². The lowest BCUT2D eigenvalue weighted by atomic mass is 10.0. The number of esters is 1. The van der Waals surface area contributed by atoms with Crippen molar-refractivity contribution in [2.45, 2.75) is 38.5 Å². The summed E-state index contributed by atoms with van der Waals surface area (Å²) in [4.78, 5) is 44.4. The summed E-state index contributed by atoms with van der Waals surface area (Å²) < 4.78 is 17.1. The van der Waals surface area contributed by atoms with Crippen LogP contribution in [0.3, 0.4) is 0 Å². The number of hydrogen-bond donors (Lipinski definition) is 1. The molecule has 2 atom stereocenters. The molecule has 1 aromatic heterocycles. The third kappa shape index (κ3) is 7.28. The van der Waals surface area contributed by atoms with Crippen LogP contribution < -0.4 is 10.1 Å². The Morgan fingerprint density at radius 2 is 2.03 bits per heavy atom. The molecular weight excluding hydrogens is 454 g/mol. The van der Waals surface area contributed by atoms with Crippen molar-refractivity contribution in [1.29, 1.82) is 5.26 Å². The number of ether oxygens (including phenoxy) is 3. The van der Waals surface area contributed by atoms with E-state index in [1.54, 1.807) is 35.4 Å². The molecule has 11 heteroatoms. The van der Waals surface area contributed by atoms with Crippen LogP contribution in [-0.2, 0) is 30.4 Å². The first-order valence-corrected chi connectivity index (χ1v) is 11.1. The first-order chi connectivity index (χ1) is 16.9. The first-order valence-electron chi connectivity index (χ1n) is 11.1. The smallest absolute Gasteiger partial charge is 0.336 e. The Balaban J connectivity index is 2.52. The lowest BCUT2D eigenvalue weighted by molar-refractivity contribution is -0.157. The minimum absolute atomic E-state index is 0.0406. The van der Waals surface area contributed by atoms with Crippen molar-refractivity contribution in [2.75, 3.05) is 34.4 Å². The first kappa shape index (κ1) is 27.3. The molecule has 0 saturated heterocycles. The Labute approximate surface area is 204 Å². The largest absolute Gasteiger partial charge is 0.495 e. The second-order valence-electron chi connectivity index (χ2n) is 7.61. The number of benzene rings is 1. The van der Waals surface area contributed by atoms with Gasteiger partial charge in [0.05, 0.1) is 32.7 Å². The van der Waals surface area contributed by atoms with Gasteiger partial charge in [-0.15, -0.1) is 0 Å². The number of methoxy groups -OCH3 is 3. The highest BCUT2D eigenvalue weighted by Crippen LogP contribution is 2.29. The van der Waals surface area contributed by atoms with E-state index in [4.69, 9.17) is 14.2 Å². The Hall–Kier alpha value is -3.91. The summed E-state index contributed by atoms with van der Waals surface area (Å²) in [7, 11) is 3.96. The molecular formula is C24H31N5O6. The van der Waals surface area contributed by atoms with Crippen LogP contribution in [0.2, 0.25) is 0 Å². The molecule has 35 heavy (non-hydrogen) atoms. The van der Waals surface area contributed by atoms with Crippen molar-refractivity contribution in [2.24, 2.45) is 0 Å². The third-order valence-electron chi connectivity index (χ3n) is 5.35. The minimum Gasteiger partial charge on any atom is -0.495 e. The number of aryl methyl sites for hydroxylation is 1. The van der Waals surface area contributed by atoms with Crippen LogP contribution in [0.25, 0.3) is 0 Å². The fourth-order valence-corrected chi connectivity index (χ4v) is 3.48. The SMILES string of the molecule is CCCNC(=O)C(c1ccc(C#N)c(OC)c1)N(C[C@H](OC)C(=O)OC)C(=O)CCn1ccnc1. The highest BCUT2D eigenvalue weighted by molar-refractivity contribution is 5.89. The van der Waals surface area contributed by atoms with Gasteiger partial charge in [0.15, 0.2) is 6.10 Å². The molecule has 1 heterocycles. The zero-order valence-corrected chi connectivity index (χ0v) is 20.4. The summed E-state index contributed by atoms with van der Waals surface area (Å²) in [6.45, 7) is 2.40. The quantitative estimate of drug-likeness (QED) is 0.421. The molecule has 1 unspecified atom stereocenters. The molecule has 2 amide bonds. The van der Waals surface area contributed by atoms with E-state index in [1.807, 2.05) is 13.0 Å². The lowest BCUT2D eigenvalue weighted by Gasteiger charge is -2.33. The highest BCUT2D eigenvalue weighted by atomic mass is 16.6. The summed E-state index contributed by atoms with van der Waals surface area (Å²) in [5.41, 5.74) is 0.705. The van der Waals surface area contributed by atoms with Crippen molar-refractivity contribution in [1.82, 2.24) is 19.8 Å². The fourth-order valence-electron chi connectivity index (χ4n) is 3.48. The average Bonchev–Trinajstić information content (AvgIpc) is 3.41. The number of carbonyl (C=O) groups is 3. The van der Waals surface area contributed by atoms with E-state index in [1.165, 1.54) is 32.3 Å². The molecule has 0 radical (unpaired) electrons. The van der Waals surface area contributed by atoms with Gasteiger partial charge in [0, 0.05) is 39.0 Å². The molecule has 1 aromatic carbocycles. The number of carbonyl (C=O) groups excluding carboxylic acids is 3. The van der Waals surface area contributed by atoms with Crippen molar-refractivity contribution in [3.05, 3.63) is 48.0 Å². The van der Waals surface area contributed by atoms with E-state index in [-0.39, 0.29) is 30.2 Å². The number of aromatic nitrogens is 2. The molecule has 188 valence electrons. The van der Waals surface area contributed by atoms with Crippen LogP contribution in [0.5, 0.6) is 5.75 Å². The van der Waals surface area contributed by atoms with Gasteiger partial charge < -0.3 is 29.0 Å². The number of nitrogens with zero attached hydrogens (tertiary/aromatic N) is 4. The summed E-state index contributed by atoms with van der Waals surface area (Å²) in [5.74, 6) is -1.23. The van der Waals surface area contributed by atoms with Crippen molar-refractivity contribution in [3.63, 3.8) is 0 Å². The summed E-state index contributed by atoms with van der Waals surface area (Å²) in [6, 6.07) is 5.58. The summed E-state index contributed by atoms with van der Waals surface area (Å²) >= 11 is 0. The predicted molar refractivity (Wildman–Crippen MR) is 125 cm³/mol. The van der Waals surface area contributed by atoms with Crippen LogP contribution >= 0.6 is 0 Å². The maximum absolute atomic E-state index is 13.5. The van der Waals surface area contributed by atoms with Gasteiger partial charge in [-0.05, 0) is 24.1 Å². The van der Waals surface area contributed by atoms with Gasteiger partial charge in [0.1, 0.15) is 17.9 Å². The second-order valence-corrected chi connectivity index (χ2v) is 7.61.